The van der Waals surface area contributed by atoms with E-state index >= 15 is 0 Å². The maximum absolute atomic E-state index is 13.3. The van der Waals surface area contributed by atoms with Crippen molar-refractivity contribution in [2.45, 2.75) is 50.8 Å². The van der Waals surface area contributed by atoms with Gasteiger partial charge in [0, 0.05) is 37.8 Å². The number of carbonyl (C=O) groups is 2. The normalized spacial score (nSPS) is 15.0. The van der Waals surface area contributed by atoms with Crippen molar-refractivity contribution in [2.75, 3.05) is 46.1 Å². The Morgan fingerprint density at radius 2 is 1.70 bits per heavy atom. The summed E-state index contributed by atoms with van der Waals surface area (Å²) < 4.78 is 43.5. The molecule has 1 N–H and O–H groups in total. The Morgan fingerprint density at radius 1 is 1.05 bits per heavy atom. The molecule has 2 amide bonds. The average Bonchev–Trinajstić information content (AvgIpc) is 2.95. The Kier molecular flexibility index (Phi) is 12.2. The highest BCUT2D eigenvalue weighted by atomic mass is 35.5. The number of nitrogens with one attached hydrogen (secondary N) is 1. The zero-order chi connectivity index (χ0) is 29.1. The number of hydrogen-bond donors (Lipinski definition) is 1. The van der Waals surface area contributed by atoms with Crippen molar-refractivity contribution in [1.29, 1.82) is 0 Å². The predicted molar refractivity (Wildman–Crippen MR) is 152 cm³/mol. The Balaban J connectivity index is 1.63. The first-order valence-electron chi connectivity index (χ1n) is 13.3. The third-order valence-corrected chi connectivity index (χ3v) is 8.46. The first-order chi connectivity index (χ1) is 19.1. The van der Waals surface area contributed by atoms with Crippen molar-refractivity contribution in [3.05, 3.63) is 59.1 Å². The van der Waals surface area contributed by atoms with Crippen LogP contribution in [0.1, 0.15) is 32.8 Å². The standard InChI is InChI=1S/C28H38ClN3O7S/c1-21(2)38-16-4-13-30-28(34)22(3)32(19-23-5-7-24(29)8-6-23)27(33)20-39-25-9-11-26(12-10-25)40(35,36)31-14-17-37-18-15-31/h5-12,21-22H,4,13-20H2,1-3H3,(H,30,34)/t22-/m1/s1. The summed E-state index contributed by atoms with van der Waals surface area (Å²) in [5.74, 6) is -0.349. The number of benzene rings is 2. The molecular formula is C28H38ClN3O7S. The molecule has 1 aliphatic rings. The van der Waals surface area contributed by atoms with Crippen LogP contribution in [0, 0.1) is 0 Å². The van der Waals surface area contributed by atoms with Crippen LogP contribution in [0.5, 0.6) is 5.75 Å². The SMILES string of the molecule is CC(C)OCCCNC(=O)[C@@H](C)N(Cc1ccc(Cl)cc1)C(=O)COc1ccc(S(=O)(=O)N2CCOCC2)cc1. The van der Waals surface area contributed by atoms with Gasteiger partial charge in [-0.25, -0.2) is 8.42 Å². The van der Waals surface area contributed by atoms with E-state index < -0.39 is 22.0 Å². The molecule has 1 heterocycles. The van der Waals surface area contributed by atoms with Crippen LogP contribution < -0.4 is 10.1 Å². The summed E-state index contributed by atoms with van der Waals surface area (Å²) in [4.78, 5) is 27.8. The highest BCUT2D eigenvalue weighted by Gasteiger charge is 2.28. The average molecular weight is 596 g/mol. The molecule has 1 aliphatic heterocycles. The minimum absolute atomic E-state index is 0.118. The second-order valence-electron chi connectivity index (χ2n) is 9.66. The molecule has 1 atom stereocenters. The molecule has 3 rings (SSSR count). The zero-order valence-corrected chi connectivity index (χ0v) is 24.7. The zero-order valence-electron chi connectivity index (χ0n) is 23.2. The van der Waals surface area contributed by atoms with Gasteiger partial charge >= 0.3 is 0 Å². The number of sulfonamides is 1. The van der Waals surface area contributed by atoms with Crippen molar-refractivity contribution >= 4 is 33.4 Å². The fourth-order valence-electron chi connectivity index (χ4n) is 3.99. The van der Waals surface area contributed by atoms with Gasteiger partial charge in [-0.3, -0.25) is 9.59 Å². The first kappa shape index (κ1) is 31.8. The van der Waals surface area contributed by atoms with Gasteiger partial charge in [0.05, 0.1) is 24.2 Å². The molecule has 0 radical (unpaired) electrons. The van der Waals surface area contributed by atoms with Crippen LogP contribution in [0.2, 0.25) is 5.02 Å². The van der Waals surface area contributed by atoms with Gasteiger partial charge in [-0.1, -0.05) is 23.7 Å². The van der Waals surface area contributed by atoms with Crippen molar-refractivity contribution in [3.8, 4) is 5.75 Å². The van der Waals surface area contributed by atoms with Gasteiger partial charge in [0.2, 0.25) is 15.9 Å². The van der Waals surface area contributed by atoms with Crippen molar-refractivity contribution < 1.29 is 32.2 Å². The van der Waals surface area contributed by atoms with Crippen LogP contribution in [-0.4, -0.2) is 87.6 Å². The summed E-state index contributed by atoms with van der Waals surface area (Å²) >= 11 is 6.01. The maximum atomic E-state index is 13.3. The summed E-state index contributed by atoms with van der Waals surface area (Å²) in [5, 5.41) is 3.43. The monoisotopic (exact) mass is 595 g/mol. The van der Waals surface area contributed by atoms with Gasteiger partial charge in [0.1, 0.15) is 11.8 Å². The number of morpholine rings is 1. The van der Waals surface area contributed by atoms with Crippen molar-refractivity contribution in [1.82, 2.24) is 14.5 Å². The number of hydrogen-bond acceptors (Lipinski definition) is 7. The smallest absolute Gasteiger partial charge is 0.261 e. The molecule has 10 nitrogen and oxygen atoms in total. The van der Waals surface area contributed by atoms with Crippen LogP contribution in [-0.2, 0) is 35.6 Å². The van der Waals surface area contributed by atoms with Crippen LogP contribution >= 0.6 is 11.6 Å². The van der Waals surface area contributed by atoms with Crippen LogP contribution in [0.4, 0.5) is 0 Å². The summed E-state index contributed by atoms with van der Waals surface area (Å²) in [7, 11) is -3.64. The van der Waals surface area contributed by atoms with E-state index in [1.807, 2.05) is 13.8 Å². The summed E-state index contributed by atoms with van der Waals surface area (Å²) in [6.45, 7) is 7.69. The minimum Gasteiger partial charge on any atom is -0.484 e. The Bertz CT molecular complexity index is 1200. The quantitative estimate of drug-likeness (QED) is 0.334. The van der Waals surface area contributed by atoms with Gasteiger partial charge in [-0.2, -0.15) is 4.31 Å². The van der Waals surface area contributed by atoms with Crippen molar-refractivity contribution in [3.63, 3.8) is 0 Å². The molecule has 0 aliphatic carbocycles. The number of halogens is 1. The van der Waals surface area contributed by atoms with E-state index in [2.05, 4.69) is 5.32 Å². The highest BCUT2D eigenvalue weighted by molar-refractivity contribution is 7.89. The number of rotatable bonds is 14. The predicted octanol–water partition coefficient (Wildman–Crippen LogP) is 3.09. The lowest BCUT2D eigenvalue weighted by Crippen LogP contribution is -2.49. The second-order valence-corrected chi connectivity index (χ2v) is 12.0. The summed E-state index contributed by atoms with van der Waals surface area (Å²) in [6.07, 6.45) is 0.773. The molecule has 2 aromatic carbocycles. The van der Waals surface area contributed by atoms with Gasteiger partial charge in [-0.15, -0.1) is 0 Å². The molecule has 1 fully saturated rings. The molecule has 12 heteroatoms. The third-order valence-electron chi connectivity index (χ3n) is 6.30. The van der Waals surface area contributed by atoms with E-state index in [4.69, 9.17) is 25.8 Å². The van der Waals surface area contributed by atoms with Crippen molar-refractivity contribution in [2.24, 2.45) is 0 Å². The van der Waals surface area contributed by atoms with Gasteiger partial charge in [-0.05, 0) is 69.2 Å². The molecule has 0 saturated carbocycles. The molecule has 0 bridgehead atoms. The number of amides is 2. The molecule has 1 saturated heterocycles. The van der Waals surface area contributed by atoms with Gasteiger partial charge in [0.25, 0.3) is 5.91 Å². The largest absolute Gasteiger partial charge is 0.484 e. The third kappa shape index (κ3) is 9.45. The number of ether oxygens (including phenoxy) is 3. The molecular weight excluding hydrogens is 558 g/mol. The Hall–Kier alpha value is -2.70. The fraction of sp³-hybridized carbons (Fsp3) is 0.500. The van der Waals surface area contributed by atoms with E-state index in [1.165, 1.54) is 33.5 Å². The second kappa shape index (κ2) is 15.3. The first-order valence-corrected chi connectivity index (χ1v) is 15.1. The summed E-state index contributed by atoms with van der Waals surface area (Å²) in [5.41, 5.74) is 0.806. The van der Waals surface area contributed by atoms with Crippen LogP contribution in [0.3, 0.4) is 0 Å². The topological polar surface area (TPSA) is 114 Å². The van der Waals surface area contributed by atoms with E-state index in [-0.39, 0.29) is 30.1 Å². The lowest BCUT2D eigenvalue weighted by Gasteiger charge is -2.29. The molecule has 0 aromatic heterocycles. The van der Waals surface area contributed by atoms with E-state index in [0.29, 0.717) is 56.6 Å². The molecule has 0 unspecified atom stereocenters. The maximum Gasteiger partial charge on any atom is 0.261 e. The highest BCUT2D eigenvalue weighted by Crippen LogP contribution is 2.21. The van der Waals surface area contributed by atoms with Crippen LogP contribution in [0.15, 0.2) is 53.4 Å². The van der Waals surface area contributed by atoms with Gasteiger partial charge in [0.15, 0.2) is 6.61 Å². The van der Waals surface area contributed by atoms with E-state index in [9.17, 15) is 18.0 Å². The molecule has 0 spiro atoms. The number of carbonyl (C=O) groups excluding carboxylic acids is 2. The molecule has 2 aromatic rings. The minimum atomic E-state index is -3.64. The lowest BCUT2D eigenvalue weighted by molar-refractivity contribution is -0.142. The Labute approximate surface area is 241 Å². The van der Waals surface area contributed by atoms with E-state index in [0.717, 1.165) is 5.56 Å². The molecule has 220 valence electrons. The number of nitrogens with zero attached hydrogens (tertiary/aromatic N) is 2. The fourth-order valence-corrected chi connectivity index (χ4v) is 5.53. The lowest BCUT2D eigenvalue weighted by atomic mass is 10.1. The molecule has 40 heavy (non-hydrogen) atoms. The van der Waals surface area contributed by atoms with E-state index in [1.54, 1.807) is 31.2 Å². The van der Waals surface area contributed by atoms with Crippen LogP contribution in [0.25, 0.3) is 0 Å². The summed E-state index contributed by atoms with van der Waals surface area (Å²) in [6, 6.07) is 12.2. The Morgan fingerprint density at radius 3 is 2.33 bits per heavy atom. The van der Waals surface area contributed by atoms with Gasteiger partial charge < -0.3 is 24.4 Å².